The van der Waals surface area contributed by atoms with Crippen LogP contribution in [0.3, 0.4) is 0 Å². The van der Waals surface area contributed by atoms with E-state index in [1.165, 1.54) is 11.1 Å². The van der Waals surface area contributed by atoms with Crippen molar-refractivity contribution >= 4 is 11.6 Å². The summed E-state index contributed by atoms with van der Waals surface area (Å²) in [5.74, 6) is 0.398. The Morgan fingerprint density at radius 1 is 1.32 bits per heavy atom. The molecule has 0 amide bonds. The highest BCUT2D eigenvalue weighted by Crippen LogP contribution is 2.20. The lowest BCUT2D eigenvalue weighted by molar-refractivity contribution is 0.533. The van der Waals surface area contributed by atoms with Gasteiger partial charge in [-0.3, -0.25) is 4.68 Å². The van der Waals surface area contributed by atoms with Crippen LogP contribution in [-0.4, -0.2) is 16.3 Å². The first-order chi connectivity index (χ1) is 9.22. The lowest BCUT2D eigenvalue weighted by Gasteiger charge is -2.14. The van der Waals surface area contributed by atoms with Gasteiger partial charge >= 0.3 is 0 Å². The fraction of sp³-hybridized carbons (Fsp3) is 0.400. The zero-order valence-electron chi connectivity index (χ0n) is 11.2. The van der Waals surface area contributed by atoms with Crippen molar-refractivity contribution in [1.82, 2.24) is 9.78 Å². The van der Waals surface area contributed by atoms with Crippen LogP contribution in [0.15, 0.2) is 36.7 Å². The molecule has 1 aromatic carbocycles. The van der Waals surface area contributed by atoms with Crippen LogP contribution >= 0.6 is 11.6 Å². The van der Waals surface area contributed by atoms with Crippen LogP contribution < -0.4 is 5.73 Å². The van der Waals surface area contributed by atoms with Crippen LogP contribution in [0.4, 0.5) is 0 Å². The summed E-state index contributed by atoms with van der Waals surface area (Å²) in [4.78, 5) is 0. The largest absolute Gasteiger partial charge is 0.330 e. The van der Waals surface area contributed by atoms with E-state index < -0.39 is 0 Å². The third-order valence-corrected chi connectivity index (χ3v) is 3.70. The van der Waals surface area contributed by atoms with Crippen molar-refractivity contribution in [2.75, 3.05) is 6.54 Å². The molecule has 0 aliphatic carbocycles. The molecule has 102 valence electrons. The predicted molar refractivity (Wildman–Crippen MR) is 79.3 cm³/mol. The van der Waals surface area contributed by atoms with E-state index in [-0.39, 0.29) is 0 Å². The molecule has 0 aliphatic rings. The monoisotopic (exact) mass is 277 g/mol. The Morgan fingerprint density at radius 2 is 2.11 bits per heavy atom. The van der Waals surface area contributed by atoms with E-state index in [0.717, 1.165) is 24.4 Å². The van der Waals surface area contributed by atoms with Gasteiger partial charge in [0.1, 0.15) is 0 Å². The van der Waals surface area contributed by atoms with Crippen molar-refractivity contribution in [3.8, 4) is 0 Å². The van der Waals surface area contributed by atoms with E-state index in [2.05, 4.69) is 24.3 Å². The topological polar surface area (TPSA) is 43.8 Å². The summed E-state index contributed by atoms with van der Waals surface area (Å²) in [7, 11) is 0. The maximum atomic E-state index is 6.20. The molecule has 1 atom stereocenters. The first kappa shape index (κ1) is 14.1. The summed E-state index contributed by atoms with van der Waals surface area (Å²) >= 11 is 6.20. The smallest absolute Gasteiger partial charge is 0.0521 e. The van der Waals surface area contributed by atoms with Crippen molar-refractivity contribution < 1.29 is 0 Å². The summed E-state index contributed by atoms with van der Waals surface area (Å²) in [6.45, 7) is 3.64. The molecule has 2 aromatic rings. The number of nitrogens with two attached hydrogens (primary N) is 1. The van der Waals surface area contributed by atoms with Gasteiger partial charge in [0.2, 0.25) is 0 Å². The number of nitrogens with zero attached hydrogens (tertiary/aromatic N) is 2. The zero-order chi connectivity index (χ0) is 13.7. The highest BCUT2D eigenvalue weighted by Gasteiger charge is 2.12. The lowest BCUT2D eigenvalue weighted by Crippen LogP contribution is -2.19. The molecular weight excluding hydrogens is 258 g/mol. The first-order valence-electron chi connectivity index (χ1n) is 6.67. The zero-order valence-corrected chi connectivity index (χ0v) is 12.0. The second-order valence-electron chi connectivity index (χ2n) is 4.81. The quantitative estimate of drug-likeness (QED) is 0.882. The third kappa shape index (κ3) is 3.82. The molecule has 3 nitrogen and oxygen atoms in total. The van der Waals surface area contributed by atoms with Gasteiger partial charge in [0.25, 0.3) is 0 Å². The molecule has 2 rings (SSSR count). The van der Waals surface area contributed by atoms with E-state index in [1.807, 2.05) is 29.1 Å². The van der Waals surface area contributed by atoms with E-state index in [1.54, 1.807) is 0 Å². The fourth-order valence-corrected chi connectivity index (χ4v) is 2.44. The third-order valence-electron chi connectivity index (χ3n) is 3.33. The van der Waals surface area contributed by atoms with Crippen LogP contribution in [0, 0.1) is 5.92 Å². The summed E-state index contributed by atoms with van der Waals surface area (Å²) in [5.41, 5.74) is 8.30. The summed E-state index contributed by atoms with van der Waals surface area (Å²) < 4.78 is 1.94. The fourth-order valence-electron chi connectivity index (χ4n) is 2.23. The summed E-state index contributed by atoms with van der Waals surface area (Å²) in [6, 6.07) is 7.97. The van der Waals surface area contributed by atoms with Gasteiger partial charge < -0.3 is 5.73 Å². The highest BCUT2D eigenvalue weighted by atomic mass is 35.5. The van der Waals surface area contributed by atoms with Gasteiger partial charge in [0.15, 0.2) is 0 Å². The molecule has 19 heavy (non-hydrogen) atoms. The average molecular weight is 278 g/mol. The minimum Gasteiger partial charge on any atom is -0.330 e. The second kappa shape index (κ2) is 6.73. The van der Waals surface area contributed by atoms with Gasteiger partial charge in [0.05, 0.1) is 6.20 Å². The molecule has 0 saturated carbocycles. The number of hydrogen-bond donors (Lipinski definition) is 1. The van der Waals surface area contributed by atoms with E-state index in [4.69, 9.17) is 17.3 Å². The molecule has 0 fully saturated rings. The SMILES string of the molecule is CCn1cc(CC(CN)Cc2ccccc2Cl)cn1. The molecule has 0 aliphatic heterocycles. The van der Waals surface area contributed by atoms with Crippen molar-refractivity contribution in [3.63, 3.8) is 0 Å². The van der Waals surface area contributed by atoms with Crippen molar-refractivity contribution in [3.05, 3.63) is 52.8 Å². The predicted octanol–water partition coefficient (Wildman–Crippen LogP) is 2.92. The minimum absolute atomic E-state index is 0.398. The van der Waals surface area contributed by atoms with Gasteiger partial charge in [-0.05, 0) is 49.4 Å². The molecule has 0 radical (unpaired) electrons. The lowest BCUT2D eigenvalue weighted by atomic mass is 9.94. The summed E-state index contributed by atoms with van der Waals surface area (Å²) in [6.07, 6.45) is 5.88. The standard InChI is InChI=1S/C15H20ClN3/c1-2-19-11-13(10-18-19)7-12(9-17)8-14-5-3-4-6-15(14)16/h3-6,10-12H,2,7-9,17H2,1H3. The number of aromatic nitrogens is 2. The van der Waals surface area contributed by atoms with Gasteiger partial charge in [0, 0.05) is 17.8 Å². The Hall–Kier alpha value is -1.32. The number of aryl methyl sites for hydroxylation is 1. The van der Waals surface area contributed by atoms with Crippen LogP contribution in [0.25, 0.3) is 0 Å². The highest BCUT2D eigenvalue weighted by molar-refractivity contribution is 6.31. The average Bonchev–Trinajstić information content (AvgIpc) is 2.88. The Labute approximate surface area is 119 Å². The molecule has 0 bridgehead atoms. The van der Waals surface area contributed by atoms with E-state index in [9.17, 15) is 0 Å². The van der Waals surface area contributed by atoms with Crippen LogP contribution in [0.2, 0.25) is 5.02 Å². The van der Waals surface area contributed by atoms with E-state index >= 15 is 0 Å². The molecular formula is C15H20ClN3. The Bertz CT molecular complexity index is 522. The number of halogens is 1. The number of benzene rings is 1. The Balaban J connectivity index is 2.02. The molecule has 1 aromatic heterocycles. The minimum atomic E-state index is 0.398. The Morgan fingerprint density at radius 3 is 2.74 bits per heavy atom. The maximum absolute atomic E-state index is 6.20. The van der Waals surface area contributed by atoms with Gasteiger partial charge in [-0.2, -0.15) is 5.10 Å². The van der Waals surface area contributed by atoms with Gasteiger partial charge in [-0.1, -0.05) is 29.8 Å². The summed E-state index contributed by atoms with van der Waals surface area (Å²) in [5, 5.41) is 5.12. The van der Waals surface area contributed by atoms with Crippen molar-refractivity contribution in [2.45, 2.75) is 26.3 Å². The van der Waals surface area contributed by atoms with Crippen LogP contribution in [0.5, 0.6) is 0 Å². The first-order valence-corrected chi connectivity index (χ1v) is 7.05. The molecule has 1 heterocycles. The molecule has 1 unspecified atom stereocenters. The van der Waals surface area contributed by atoms with Crippen molar-refractivity contribution in [1.29, 1.82) is 0 Å². The van der Waals surface area contributed by atoms with Crippen molar-refractivity contribution in [2.24, 2.45) is 11.7 Å². The normalized spacial score (nSPS) is 12.6. The van der Waals surface area contributed by atoms with Gasteiger partial charge in [-0.25, -0.2) is 0 Å². The van der Waals surface area contributed by atoms with Crippen LogP contribution in [0.1, 0.15) is 18.1 Å². The molecule has 0 spiro atoms. The van der Waals surface area contributed by atoms with E-state index in [0.29, 0.717) is 12.5 Å². The maximum Gasteiger partial charge on any atom is 0.0521 e. The molecule has 2 N–H and O–H groups in total. The number of rotatable bonds is 6. The Kier molecular flexibility index (Phi) is 5.00. The van der Waals surface area contributed by atoms with Gasteiger partial charge in [-0.15, -0.1) is 0 Å². The number of hydrogen-bond acceptors (Lipinski definition) is 2. The van der Waals surface area contributed by atoms with Crippen LogP contribution in [-0.2, 0) is 19.4 Å². The molecule has 0 saturated heterocycles. The molecule has 4 heteroatoms. The second-order valence-corrected chi connectivity index (χ2v) is 5.21.